The lowest BCUT2D eigenvalue weighted by Gasteiger charge is -2.30. The fourth-order valence-electron chi connectivity index (χ4n) is 3.23. The van der Waals surface area contributed by atoms with E-state index < -0.39 is 0 Å². The van der Waals surface area contributed by atoms with Gasteiger partial charge in [-0.2, -0.15) is 0 Å². The molecule has 0 radical (unpaired) electrons. The van der Waals surface area contributed by atoms with Crippen LogP contribution in [0.5, 0.6) is 0 Å². The van der Waals surface area contributed by atoms with Crippen LogP contribution in [0.1, 0.15) is 38.5 Å². The number of hydrogen-bond donors (Lipinski definition) is 1. The van der Waals surface area contributed by atoms with Crippen molar-refractivity contribution in [3.63, 3.8) is 0 Å². The molecule has 2 aliphatic rings. The van der Waals surface area contributed by atoms with E-state index >= 15 is 0 Å². The van der Waals surface area contributed by atoms with E-state index in [0.29, 0.717) is 23.8 Å². The summed E-state index contributed by atoms with van der Waals surface area (Å²) >= 11 is 1.35. The average molecular weight is 310 g/mol. The first-order chi connectivity index (χ1) is 10.3. The Morgan fingerprint density at radius 1 is 1.38 bits per heavy atom. The van der Waals surface area contributed by atoms with Crippen molar-refractivity contribution in [1.29, 1.82) is 0 Å². The van der Waals surface area contributed by atoms with Gasteiger partial charge >= 0.3 is 0 Å². The number of hydrogen-bond acceptors (Lipinski definition) is 6. The molecule has 1 aliphatic heterocycles. The van der Waals surface area contributed by atoms with Crippen molar-refractivity contribution in [2.24, 2.45) is 0 Å². The molecule has 1 saturated heterocycles. The van der Waals surface area contributed by atoms with Crippen molar-refractivity contribution in [2.75, 3.05) is 25.0 Å². The zero-order valence-corrected chi connectivity index (χ0v) is 13.0. The predicted molar refractivity (Wildman–Crippen MR) is 81.3 cm³/mol. The van der Waals surface area contributed by atoms with E-state index in [1.54, 1.807) is 5.51 Å². The van der Waals surface area contributed by atoms with Gasteiger partial charge in [0.2, 0.25) is 11.0 Å². The first-order valence-electron chi connectivity index (χ1n) is 7.73. The van der Waals surface area contributed by atoms with E-state index in [2.05, 4.69) is 20.4 Å². The standard InChI is InChI=1S/C14H22N4O2S/c19-13(16-14-17-15-10-21-14)9-18(11-4-1-2-5-11)8-12-6-3-7-20-12/h10-12H,1-9H2,(H,16,17,19)/t12-/m0/s1. The molecule has 2 heterocycles. The van der Waals surface area contributed by atoms with Crippen LogP contribution in [0.15, 0.2) is 5.51 Å². The summed E-state index contributed by atoms with van der Waals surface area (Å²) in [5.41, 5.74) is 1.62. The normalized spacial score (nSPS) is 23.0. The first-order valence-corrected chi connectivity index (χ1v) is 8.61. The topological polar surface area (TPSA) is 67.3 Å². The van der Waals surface area contributed by atoms with Crippen LogP contribution in [0.4, 0.5) is 5.13 Å². The monoisotopic (exact) mass is 310 g/mol. The molecule has 6 nitrogen and oxygen atoms in total. The Hall–Kier alpha value is -1.05. The third-order valence-electron chi connectivity index (χ3n) is 4.26. The van der Waals surface area contributed by atoms with Gasteiger partial charge in [-0.25, -0.2) is 0 Å². The summed E-state index contributed by atoms with van der Waals surface area (Å²) in [6.45, 7) is 2.15. The number of nitrogens with zero attached hydrogens (tertiary/aromatic N) is 3. The molecule has 0 unspecified atom stereocenters. The van der Waals surface area contributed by atoms with Gasteiger partial charge in [0.05, 0.1) is 12.6 Å². The first kappa shape index (κ1) is 14.9. The lowest BCUT2D eigenvalue weighted by atomic mass is 10.1. The summed E-state index contributed by atoms with van der Waals surface area (Å²) in [5.74, 6) is -0.00310. The maximum atomic E-state index is 12.2. The molecule has 1 atom stereocenters. The number of nitrogens with one attached hydrogen (secondary N) is 1. The number of aromatic nitrogens is 2. The highest BCUT2D eigenvalue weighted by molar-refractivity contribution is 7.13. The quantitative estimate of drug-likeness (QED) is 0.869. The maximum absolute atomic E-state index is 12.2. The van der Waals surface area contributed by atoms with Gasteiger partial charge in [-0.3, -0.25) is 15.0 Å². The molecule has 1 saturated carbocycles. The molecule has 2 fully saturated rings. The molecule has 0 spiro atoms. The van der Waals surface area contributed by atoms with Gasteiger partial charge in [-0.15, -0.1) is 10.2 Å². The molecule has 1 aliphatic carbocycles. The highest BCUT2D eigenvalue weighted by atomic mass is 32.1. The SMILES string of the molecule is O=C(CN(C[C@@H]1CCCO1)C1CCCC1)Nc1nncs1. The van der Waals surface area contributed by atoms with Gasteiger partial charge in [0.15, 0.2) is 0 Å². The van der Waals surface area contributed by atoms with Gasteiger partial charge in [-0.1, -0.05) is 24.2 Å². The van der Waals surface area contributed by atoms with Crippen LogP contribution in [0, 0.1) is 0 Å². The van der Waals surface area contributed by atoms with E-state index in [1.807, 2.05) is 0 Å². The number of amides is 1. The Morgan fingerprint density at radius 3 is 2.90 bits per heavy atom. The Morgan fingerprint density at radius 2 is 2.24 bits per heavy atom. The van der Waals surface area contributed by atoms with E-state index in [0.717, 1.165) is 26.0 Å². The van der Waals surface area contributed by atoms with Crippen molar-refractivity contribution >= 4 is 22.4 Å². The second-order valence-corrected chi connectivity index (χ2v) is 6.63. The number of ether oxygens (including phenoxy) is 1. The van der Waals surface area contributed by atoms with Crippen LogP contribution < -0.4 is 5.32 Å². The van der Waals surface area contributed by atoms with Gasteiger partial charge in [0.25, 0.3) is 0 Å². The van der Waals surface area contributed by atoms with E-state index in [4.69, 9.17) is 4.74 Å². The van der Waals surface area contributed by atoms with Crippen LogP contribution >= 0.6 is 11.3 Å². The number of carbonyl (C=O) groups excluding carboxylic acids is 1. The smallest absolute Gasteiger partial charge is 0.240 e. The van der Waals surface area contributed by atoms with Crippen molar-refractivity contribution in [2.45, 2.75) is 50.7 Å². The second-order valence-electron chi connectivity index (χ2n) is 5.79. The Labute approximate surface area is 128 Å². The number of carbonyl (C=O) groups is 1. The summed E-state index contributed by atoms with van der Waals surface area (Å²) in [7, 11) is 0. The van der Waals surface area contributed by atoms with Crippen molar-refractivity contribution in [3.05, 3.63) is 5.51 Å². The van der Waals surface area contributed by atoms with Crippen LogP contribution in [-0.2, 0) is 9.53 Å². The van der Waals surface area contributed by atoms with Gasteiger partial charge < -0.3 is 4.74 Å². The molecular formula is C14H22N4O2S. The van der Waals surface area contributed by atoms with Gasteiger partial charge in [0.1, 0.15) is 5.51 Å². The third kappa shape index (κ3) is 4.21. The van der Waals surface area contributed by atoms with E-state index in [9.17, 15) is 4.79 Å². The summed E-state index contributed by atoms with van der Waals surface area (Å²) in [6.07, 6.45) is 7.47. The largest absolute Gasteiger partial charge is 0.377 e. The molecule has 1 N–H and O–H groups in total. The maximum Gasteiger partial charge on any atom is 0.240 e. The average Bonchev–Trinajstić information content (AvgIpc) is 3.22. The van der Waals surface area contributed by atoms with Crippen molar-refractivity contribution in [1.82, 2.24) is 15.1 Å². The zero-order chi connectivity index (χ0) is 14.5. The third-order valence-corrected chi connectivity index (χ3v) is 4.86. The predicted octanol–water partition coefficient (Wildman–Crippen LogP) is 1.90. The fraction of sp³-hybridized carbons (Fsp3) is 0.786. The number of rotatable bonds is 6. The van der Waals surface area contributed by atoms with Crippen molar-refractivity contribution in [3.8, 4) is 0 Å². The lowest BCUT2D eigenvalue weighted by molar-refractivity contribution is -0.118. The molecule has 3 rings (SSSR count). The minimum absolute atomic E-state index is 0.00310. The molecule has 0 aromatic carbocycles. The van der Waals surface area contributed by atoms with E-state index in [-0.39, 0.29) is 5.91 Å². The molecule has 116 valence electrons. The van der Waals surface area contributed by atoms with Gasteiger partial charge in [-0.05, 0) is 25.7 Å². The highest BCUT2D eigenvalue weighted by Gasteiger charge is 2.28. The minimum atomic E-state index is -0.00310. The molecule has 7 heteroatoms. The molecule has 1 amide bonds. The molecule has 21 heavy (non-hydrogen) atoms. The number of anilines is 1. The molecule has 1 aromatic rings. The summed E-state index contributed by atoms with van der Waals surface area (Å²) in [5, 5.41) is 11.0. The van der Waals surface area contributed by atoms with E-state index in [1.165, 1.54) is 37.0 Å². The Kier molecular flexibility index (Phi) is 5.16. The van der Waals surface area contributed by atoms with Crippen LogP contribution in [0.2, 0.25) is 0 Å². The minimum Gasteiger partial charge on any atom is -0.377 e. The Bertz CT molecular complexity index is 442. The van der Waals surface area contributed by atoms with Crippen molar-refractivity contribution < 1.29 is 9.53 Å². The van der Waals surface area contributed by atoms with Crippen LogP contribution in [0.25, 0.3) is 0 Å². The Balaban J connectivity index is 1.56. The van der Waals surface area contributed by atoms with Crippen LogP contribution in [0.3, 0.4) is 0 Å². The van der Waals surface area contributed by atoms with Crippen LogP contribution in [-0.4, -0.2) is 52.8 Å². The second kappa shape index (κ2) is 7.29. The highest BCUT2D eigenvalue weighted by Crippen LogP contribution is 2.25. The summed E-state index contributed by atoms with van der Waals surface area (Å²) in [4.78, 5) is 14.5. The summed E-state index contributed by atoms with van der Waals surface area (Å²) in [6, 6.07) is 0.523. The molecule has 0 bridgehead atoms. The van der Waals surface area contributed by atoms with Gasteiger partial charge in [0, 0.05) is 19.2 Å². The molecule has 1 aromatic heterocycles. The molecular weight excluding hydrogens is 288 g/mol. The fourth-order valence-corrected chi connectivity index (χ4v) is 3.69. The lowest BCUT2D eigenvalue weighted by Crippen LogP contribution is -2.43. The zero-order valence-electron chi connectivity index (χ0n) is 12.2. The summed E-state index contributed by atoms with van der Waals surface area (Å²) < 4.78 is 5.74.